The largest absolute Gasteiger partial charge is 0.481 e. The molecule has 0 radical (unpaired) electrons. The Morgan fingerprint density at radius 2 is 1.82 bits per heavy atom. The van der Waals surface area contributed by atoms with Crippen molar-refractivity contribution in [2.24, 2.45) is 0 Å². The van der Waals surface area contributed by atoms with E-state index in [-0.39, 0.29) is 16.5 Å². The molecule has 0 aliphatic carbocycles. The molecule has 0 fully saturated rings. The number of carbonyl (C=O) groups is 1. The SMILES string of the molecule is O=C(O)CC(=C(Cl)Cl)C(Cl)Cl. The zero-order chi connectivity index (χ0) is 9.02. The van der Waals surface area contributed by atoms with Crippen LogP contribution in [0.2, 0.25) is 0 Å². The fraction of sp³-hybridized carbons (Fsp3) is 0.400. The topological polar surface area (TPSA) is 37.3 Å². The number of carboxylic acid groups (broad SMARTS) is 1. The molecule has 0 aromatic rings. The van der Waals surface area contributed by atoms with Crippen molar-refractivity contribution in [2.75, 3.05) is 0 Å². The fourth-order valence-corrected chi connectivity index (χ4v) is 1.34. The molecule has 2 nitrogen and oxygen atoms in total. The lowest BCUT2D eigenvalue weighted by atomic mass is 10.2. The molecule has 0 aromatic heterocycles. The molecule has 0 heterocycles. The molecule has 0 rings (SSSR count). The highest BCUT2D eigenvalue weighted by Gasteiger charge is 2.14. The Labute approximate surface area is 83.7 Å². The van der Waals surface area contributed by atoms with Crippen LogP contribution in [0.15, 0.2) is 10.1 Å². The van der Waals surface area contributed by atoms with E-state index in [0.29, 0.717) is 0 Å². The molecule has 0 aliphatic rings. The van der Waals surface area contributed by atoms with Crippen molar-refractivity contribution in [1.82, 2.24) is 0 Å². The first-order chi connectivity index (χ1) is 4.95. The van der Waals surface area contributed by atoms with Gasteiger partial charge in [-0.1, -0.05) is 23.2 Å². The van der Waals surface area contributed by atoms with E-state index < -0.39 is 10.8 Å². The normalized spacial score (nSPS) is 9.91. The number of carboxylic acids is 1. The standard InChI is InChI=1S/C5H4Cl4O2/c6-4(7)2(5(8)9)1-3(10)11/h4H,1H2,(H,10,11). The van der Waals surface area contributed by atoms with E-state index in [1.54, 1.807) is 0 Å². The third kappa shape index (κ3) is 4.75. The Balaban J connectivity index is 4.38. The summed E-state index contributed by atoms with van der Waals surface area (Å²) >= 11 is 21.3. The minimum atomic E-state index is -1.08. The fourth-order valence-electron chi connectivity index (χ4n) is 0.389. The maximum Gasteiger partial charge on any atom is 0.307 e. The third-order valence-electron chi connectivity index (χ3n) is 0.848. The van der Waals surface area contributed by atoms with Crippen molar-refractivity contribution < 1.29 is 9.90 Å². The van der Waals surface area contributed by atoms with Crippen LogP contribution in [0.1, 0.15) is 6.42 Å². The predicted molar refractivity (Wildman–Crippen MR) is 46.5 cm³/mol. The van der Waals surface area contributed by atoms with Crippen LogP contribution in [0.5, 0.6) is 0 Å². The van der Waals surface area contributed by atoms with Gasteiger partial charge in [0, 0.05) is 5.57 Å². The first kappa shape index (κ1) is 11.4. The summed E-state index contributed by atoms with van der Waals surface area (Å²) in [5, 5.41) is 8.31. The van der Waals surface area contributed by atoms with Crippen LogP contribution >= 0.6 is 46.4 Å². The minimum Gasteiger partial charge on any atom is -0.481 e. The Hall–Kier alpha value is 0.370. The highest BCUT2D eigenvalue weighted by Crippen LogP contribution is 2.26. The molecule has 0 atom stereocenters. The molecule has 0 aromatic carbocycles. The van der Waals surface area contributed by atoms with E-state index >= 15 is 0 Å². The van der Waals surface area contributed by atoms with Gasteiger partial charge in [-0.2, -0.15) is 0 Å². The minimum absolute atomic E-state index is 0.101. The van der Waals surface area contributed by atoms with Crippen LogP contribution in [0.4, 0.5) is 0 Å². The lowest BCUT2D eigenvalue weighted by molar-refractivity contribution is -0.136. The lowest BCUT2D eigenvalue weighted by Crippen LogP contribution is -2.03. The number of halogens is 4. The molecule has 1 N–H and O–H groups in total. The van der Waals surface area contributed by atoms with Crippen LogP contribution in [0, 0.1) is 0 Å². The highest BCUT2D eigenvalue weighted by atomic mass is 35.5. The molecule has 0 bridgehead atoms. The molecule has 0 saturated heterocycles. The number of aliphatic carboxylic acids is 1. The van der Waals surface area contributed by atoms with Gasteiger partial charge in [0.05, 0.1) is 6.42 Å². The third-order valence-corrected chi connectivity index (χ3v) is 1.86. The maximum atomic E-state index is 10.1. The Morgan fingerprint density at radius 1 is 1.36 bits per heavy atom. The van der Waals surface area contributed by atoms with Crippen LogP contribution in [0.3, 0.4) is 0 Å². The van der Waals surface area contributed by atoms with Gasteiger partial charge in [0.2, 0.25) is 0 Å². The first-order valence-electron chi connectivity index (χ1n) is 2.49. The average molecular weight is 238 g/mol. The van der Waals surface area contributed by atoms with E-state index in [0.717, 1.165) is 0 Å². The van der Waals surface area contributed by atoms with Crippen molar-refractivity contribution in [3.8, 4) is 0 Å². The highest BCUT2D eigenvalue weighted by molar-refractivity contribution is 6.58. The van der Waals surface area contributed by atoms with Gasteiger partial charge in [-0.3, -0.25) is 4.79 Å². The summed E-state index contributed by atoms with van der Waals surface area (Å²) in [6, 6.07) is 0. The Bertz CT molecular complexity index is 183. The van der Waals surface area contributed by atoms with Crippen molar-refractivity contribution >= 4 is 52.4 Å². The summed E-state index contributed by atoms with van der Waals surface area (Å²) in [6.07, 6.45) is -0.347. The van der Waals surface area contributed by atoms with Crippen LogP contribution in [-0.2, 0) is 4.79 Å². The number of rotatable bonds is 3. The average Bonchev–Trinajstić information content (AvgIpc) is 1.81. The molecule has 0 spiro atoms. The molecular formula is C5H4Cl4O2. The van der Waals surface area contributed by atoms with Crippen molar-refractivity contribution in [1.29, 1.82) is 0 Å². The van der Waals surface area contributed by atoms with Crippen molar-refractivity contribution in [3.05, 3.63) is 10.1 Å². The van der Waals surface area contributed by atoms with Crippen molar-refractivity contribution in [3.63, 3.8) is 0 Å². The lowest BCUT2D eigenvalue weighted by Gasteiger charge is -2.03. The van der Waals surface area contributed by atoms with E-state index in [1.165, 1.54) is 0 Å². The van der Waals surface area contributed by atoms with Crippen LogP contribution < -0.4 is 0 Å². The van der Waals surface area contributed by atoms with Crippen molar-refractivity contribution in [2.45, 2.75) is 11.3 Å². The summed E-state index contributed by atoms with van der Waals surface area (Å²) in [5.74, 6) is -1.08. The van der Waals surface area contributed by atoms with Gasteiger partial charge in [-0.15, -0.1) is 23.2 Å². The van der Waals surface area contributed by atoms with Gasteiger partial charge < -0.3 is 5.11 Å². The number of alkyl halides is 2. The van der Waals surface area contributed by atoms with Gasteiger partial charge in [0.1, 0.15) is 9.33 Å². The van der Waals surface area contributed by atoms with E-state index in [4.69, 9.17) is 51.5 Å². The summed E-state index contributed by atoms with van der Waals surface area (Å²) in [6.45, 7) is 0. The van der Waals surface area contributed by atoms with Gasteiger partial charge in [0.25, 0.3) is 0 Å². The van der Waals surface area contributed by atoms with E-state index in [9.17, 15) is 4.79 Å². The second kappa shape index (κ2) is 5.09. The first-order valence-corrected chi connectivity index (χ1v) is 4.12. The van der Waals surface area contributed by atoms with Gasteiger partial charge >= 0.3 is 5.97 Å². The van der Waals surface area contributed by atoms with Gasteiger partial charge in [0.15, 0.2) is 0 Å². The molecule has 0 saturated carbocycles. The smallest absolute Gasteiger partial charge is 0.307 e. The molecule has 11 heavy (non-hydrogen) atoms. The zero-order valence-corrected chi connectivity index (χ0v) is 8.18. The second-order valence-electron chi connectivity index (χ2n) is 1.66. The zero-order valence-electron chi connectivity index (χ0n) is 5.15. The van der Waals surface area contributed by atoms with Crippen LogP contribution in [-0.4, -0.2) is 15.9 Å². The molecule has 6 heteroatoms. The quantitative estimate of drug-likeness (QED) is 0.767. The Morgan fingerprint density at radius 3 is 1.91 bits per heavy atom. The monoisotopic (exact) mass is 236 g/mol. The predicted octanol–water partition coefficient (Wildman–Crippen LogP) is 2.95. The number of hydrogen-bond acceptors (Lipinski definition) is 1. The summed E-state index contributed by atoms with van der Waals surface area (Å²) in [5.41, 5.74) is 0.101. The van der Waals surface area contributed by atoms with E-state index in [1.807, 2.05) is 0 Å². The molecule has 0 aliphatic heterocycles. The maximum absolute atomic E-state index is 10.1. The summed E-state index contributed by atoms with van der Waals surface area (Å²) in [7, 11) is 0. The van der Waals surface area contributed by atoms with E-state index in [2.05, 4.69) is 0 Å². The summed E-state index contributed by atoms with van der Waals surface area (Å²) < 4.78 is -0.192. The molecular weight excluding hydrogens is 234 g/mol. The van der Waals surface area contributed by atoms with Crippen LogP contribution in [0.25, 0.3) is 0 Å². The summed E-state index contributed by atoms with van der Waals surface area (Å²) in [4.78, 5) is 9.17. The van der Waals surface area contributed by atoms with Gasteiger partial charge in [-0.05, 0) is 0 Å². The molecule has 0 amide bonds. The van der Waals surface area contributed by atoms with Gasteiger partial charge in [-0.25, -0.2) is 0 Å². The molecule has 64 valence electrons. The number of hydrogen-bond donors (Lipinski definition) is 1. The second-order valence-corrected chi connectivity index (χ2v) is 3.70. The Kier molecular flexibility index (Phi) is 5.26. The molecule has 0 unspecified atom stereocenters.